The molecule has 52 heavy (non-hydrogen) atoms. The second-order valence-electron chi connectivity index (χ2n) is 16.3. The number of esters is 1. The average molecular weight is 737 g/mol. The van der Waals surface area contributed by atoms with Crippen molar-refractivity contribution in [1.29, 1.82) is 0 Å². The second kappa shape index (κ2) is 46.1. The van der Waals surface area contributed by atoms with E-state index in [0.29, 0.717) is 6.42 Å². The number of aliphatic carboxylic acids is 1. The molecule has 0 spiro atoms. The van der Waals surface area contributed by atoms with Gasteiger partial charge in [0.2, 0.25) is 0 Å². The van der Waals surface area contributed by atoms with Crippen LogP contribution in [0.1, 0.15) is 285 Å². The van der Waals surface area contributed by atoms with Gasteiger partial charge in [0.1, 0.15) is 6.10 Å². The summed E-state index contributed by atoms with van der Waals surface area (Å²) in [6.45, 7) is 11.1. The summed E-state index contributed by atoms with van der Waals surface area (Å²) in [7, 11) is 0. The molecule has 0 amide bonds. The third-order valence-corrected chi connectivity index (χ3v) is 11.0. The maximum absolute atomic E-state index is 11.9. The van der Waals surface area contributed by atoms with Gasteiger partial charge in [-0.3, -0.25) is 9.59 Å². The summed E-state index contributed by atoms with van der Waals surface area (Å²) in [5, 5.41) is 9.39. The summed E-state index contributed by atoms with van der Waals surface area (Å²) < 4.78 is 5.61. The Morgan fingerprint density at radius 3 is 0.962 bits per heavy atom. The molecule has 0 aliphatic carbocycles. The number of hydrogen-bond acceptors (Lipinski definition) is 3. The fourth-order valence-corrected chi connectivity index (χ4v) is 7.29. The zero-order valence-corrected chi connectivity index (χ0v) is 36.4. The molecule has 0 rings (SSSR count). The highest BCUT2D eigenvalue weighted by Crippen LogP contribution is 2.20. The van der Waals surface area contributed by atoms with Gasteiger partial charge in [0, 0.05) is 6.42 Å². The molecule has 4 heteroatoms. The second-order valence-corrected chi connectivity index (χ2v) is 16.3. The van der Waals surface area contributed by atoms with Crippen molar-refractivity contribution >= 4 is 11.9 Å². The molecule has 0 heterocycles. The van der Waals surface area contributed by atoms with Crippen molar-refractivity contribution in [2.24, 2.45) is 5.92 Å². The molecule has 0 aliphatic rings. The molecule has 0 aromatic heterocycles. The lowest BCUT2D eigenvalue weighted by Gasteiger charge is -2.16. The Balaban J connectivity index is 0. The fraction of sp³-hybridized carbons (Fsp3) is 0.958. The lowest BCUT2D eigenvalue weighted by molar-refractivity contribution is -0.149. The third kappa shape index (κ3) is 43.3. The summed E-state index contributed by atoms with van der Waals surface area (Å²) in [6, 6.07) is 0. The molecule has 0 saturated carbocycles. The van der Waals surface area contributed by atoms with Crippen LogP contribution in [0.2, 0.25) is 0 Å². The predicted octanol–water partition coefficient (Wildman–Crippen LogP) is 16.9. The van der Waals surface area contributed by atoms with Gasteiger partial charge in [0.05, 0.1) is 5.92 Å². The molecule has 0 aromatic carbocycles. The molecule has 4 nitrogen and oxygen atoms in total. The lowest BCUT2D eigenvalue weighted by Crippen LogP contribution is -2.17. The standard InChI is InChI=1S/2C24H48O2/c1-4-7-9-10-11-12-13-14-15-16-17-18-20-22-24(25)26-23(6-3)21-19-8-5-2;1-3-5-7-9-11-12-13-14-15-16-18-20-22-23(24(25)26)21-19-17-10-8-6-4-2/h23H,4-22H2,1-3H3;23H,3-22H2,1-2H3,(H,25,26). The van der Waals surface area contributed by atoms with E-state index in [-0.39, 0.29) is 18.0 Å². The normalized spacial score (nSPS) is 12.3. The molecular formula is C48H96O4. The zero-order chi connectivity index (χ0) is 38.6. The molecule has 0 aromatic rings. The van der Waals surface area contributed by atoms with Gasteiger partial charge >= 0.3 is 11.9 Å². The third-order valence-electron chi connectivity index (χ3n) is 11.0. The summed E-state index contributed by atoms with van der Waals surface area (Å²) in [5.41, 5.74) is 0. The first-order chi connectivity index (χ1) is 25.5. The average Bonchev–Trinajstić information content (AvgIpc) is 3.14. The summed E-state index contributed by atoms with van der Waals surface area (Å²) in [4.78, 5) is 23.3. The first-order valence-corrected chi connectivity index (χ1v) is 23.9. The van der Waals surface area contributed by atoms with Gasteiger partial charge in [0.25, 0.3) is 0 Å². The Labute approximate surface area is 327 Å². The Bertz CT molecular complexity index is 692. The van der Waals surface area contributed by atoms with Gasteiger partial charge in [-0.25, -0.2) is 0 Å². The molecule has 1 N–H and O–H groups in total. The molecule has 312 valence electrons. The molecule has 0 bridgehead atoms. The largest absolute Gasteiger partial charge is 0.481 e. The van der Waals surface area contributed by atoms with Gasteiger partial charge < -0.3 is 9.84 Å². The van der Waals surface area contributed by atoms with Crippen molar-refractivity contribution in [1.82, 2.24) is 0 Å². The van der Waals surface area contributed by atoms with Gasteiger partial charge in [-0.15, -0.1) is 0 Å². The van der Waals surface area contributed by atoms with Crippen molar-refractivity contribution in [3.8, 4) is 0 Å². The number of carbonyl (C=O) groups is 2. The number of carbonyl (C=O) groups excluding carboxylic acids is 1. The summed E-state index contributed by atoms with van der Waals surface area (Å²) in [5.74, 6) is -0.637. The van der Waals surface area contributed by atoms with Crippen LogP contribution in [0.5, 0.6) is 0 Å². The number of rotatable bonds is 41. The molecule has 0 radical (unpaired) electrons. The van der Waals surface area contributed by atoms with E-state index in [0.717, 1.165) is 44.9 Å². The first-order valence-electron chi connectivity index (χ1n) is 23.9. The fourth-order valence-electron chi connectivity index (χ4n) is 7.29. The molecular weight excluding hydrogens is 641 g/mol. The minimum atomic E-state index is -0.568. The quantitative estimate of drug-likeness (QED) is 0.0501. The molecule has 0 saturated heterocycles. The molecule has 0 fully saturated rings. The SMILES string of the molecule is CCCCCCCCCCCCCCC(CCCCCCCC)C(=O)O.CCCCCCCCCCCCCCCC(=O)OC(CC)CCCCC. The van der Waals surface area contributed by atoms with Crippen LogP contribution in [0.3, 0.4) is 0 Å². The van der Waals surface area contributed by atoms with Crippen molar-refractivity contribution in [3.63, 3.8) is 0 Å². The Morgan fingerprint density at radius 2 is 0.654 bits per heavy atom. The number of carboxylic acid groups (broad SMARTS) is 1. The summed E-state index contributed by atoms with van der Waals surface area (Å²) >= 11 is 0. The van der Waals surface area contributed by atoms with E-state index in [1.54, 1.807) is 0 Å². The number of ether oxygens (including phenoxy) is 1. The van der Waals surface area contributed by atoms with Crippen LogP contribution in [-0.2, 0) is 14.3 Å². The molecule has 0 aliphatic heterocycles. The van der Waals surface area contributed by atoms with Gasteiger partial charge in [-0.05, 0) is 38.5 Å². The smallest absolute Gasteiger partial charge is 0.306 e. The van der Waals surface area contributed by atoms with Crippen molar-refractivity contribution < 1.29 is 19.4 Å². The molecule has 2 unspecified atom stereocenters. The monoisotopic (exact) mass is 737 g/mol. The van der Waals surface area contributed by atoms with Crippen molar-refractivity contribution in [3.05, 3.63) is 0 Å². The van der Waals surface area contributed by atoms with Gasteiger partial charge in [-0.1, -0.05) is 240 Å². The van der Waals surface area contributed by atoms with E-state index in [1.807, 2.05) is 0 Å². The topological polar surface area (TPSA) is 63.6 Å². The highest BCUT2D eigenvalue weighted by Gasteiger charge is 2.16. The minimum absolute atomic E-state index is 0.0245. The van der Waals surface area contributed by atoms with E-state index in [1.165, 1.54) is 199 Å². The van der Waals surface area contributed by atoms with E-state index >= 15 is 0 Å². The number of hydrogen-bond donors (Lipinski definition) is 1. The van der Waals surface area contributed by atoms with Gasteiger partial charge in [-0.2, -0.15) is 0 Å². The van der Waals surface area contributed by atoms with Crippen LogP contribution in [0.15, 0.2) is 0 Å². The number of unbranched alkanes of at least 4 members (excludes halogenated alkanes) is 30. The Morgan fingerprint density at radius 1 is 0.385 bits per heavy atom. The Hall–Kier alpha value is -1.06. The van der Waals surface area contributed by atoms with Gasteiger partial charge in [0.15, 0.2) is 0 Å². The van der Waals surface area contributed by atoms with Crippen LogP contribution in [-0.4, -0.2) is 23.1 Å². The van der Waals surface area contributed by atoms with Crippen LogP contribution >= 0.6 is 0 Å². The maximum Gasteiger partial charge on any atom is 0.306 e. The maximum atomic E-state index is 11.9. The predicted molar refractivity (Wildman–Crippen MR) is 229 cm³/mol. The zero-order valence-electron chi connectivity index (χ0n) is 36.4. The lowest BCUT2D eigenvalue weighted by atomic mass is 9.94. The van der Waals surface area contributed by atoms with E-state index in [2.05, 4.69) is 34.6 Å². The summed E-state index contributed by atoms with van der Waals surface area (Å²) in [6.07, 6.45) is 49.2. The number of carboxylic acids is 1. The van der Waals surface area contributed by atoms with E-state index in [9.17, 15) is 14.7 Å². The highest BCUT2D eigenvalue weighted by molar-refractivity contribution is 5.70. The van der Waals surface area contributed by atoms with Crippen LogP contribution in [0.25, 0.3) is 0 Å². The Kier molecular flexibility index (Phi) is 47.0. The molecule has 2 atom stereocenters. The van der Waals surface area contributed by atoms with Crippen molar-refractivity contribution in [2.45, 2.75) is 291 Å². The van der Waals surface area contributed by atoms with E-state index < -0.39 is 5.97 Å². The van der Waals surface area contributed by atoms with Crippen molar-refractivity contribution in [2.75, 3.05) is 0 Å². The van der Waals surface area contributed by atoms with E-state index in [4.69, 9.17) is 4.74 Å². The minimum Gasteiger partial charge on any atom is -0.481 e. The highest BCUT2D eigenvalue weighted by atomic mass is 16.5. The van der Waals surface area contributed by atoms with Crippen LogP contribution in [0, 0.1) is 5.92 Å². The first kappa shape index (κ1) is 53.0. The van der Waals surface area contributed by atoms with Crippen LogP contribution < -0.4 is 0 Å². The van der Waals surface area contributed by atoms with Crippen LogP contribution in [0.4, 0.5) is 0 Å².